The highest BCUT2D eigenvalue weighted by atomic mass is 35.5. The summed E-state index contributed by atoms with van der Waals surface area (Å²) >= 11 is 6.59. The number of hydrogen-bond acceptors (Lipinski definition) is 6. The van der Waals surface area contributed by atoms with Gasteiger partial charge in [0.1, 0.15) is 6.17 Å². The lowest BCUT2D eigenvalue weighted by Crippen LogP contribution is -2.54. The van der Waals surface area contributed by atoms with E-state index in [0.717, 1.165) is 48.9 Å². The van der Waals surface area contributed by atoms with Crippen molar-refractivity contribution < 1.29 is 4.79 Å². The van der Waals surface area contributed by atoms with E-state index in [9.17, 15) is 10.1 Å². The first-order valence-electron chi connectivity index (χ1n) is 11.3. The van der Waals surface area contributed by atoms with Crippen LogP contribution in [0.1, 0.15) is 32.1 Å². The van der Waals surface area contributed by atoms with Crippen LogP contribution < -0.4 is 16.1 Å². The maximum Gasteiger partial charge on any atom is 0.228 e. The van der Waals surface area contributed by atoms with Crippen LogP contribution in [0.3, 0.4) is 0 Å². The number of aryl methyl sites for hydroxylation is 1. The number of carbonyl (C=O) groups excluding carboxylic acids is 1. The van der Waals surface area contributed by atoms with Crippen molar-refractivity contribution in [3.8, 4) is 17.2 Å². The zero-order valence-corrected chi connectivity index (χ0v) is 18.8. The van der Waals surface area contributed by atoms with Crippen LogP contribution in [0.2, 0.25) is 5.02 Å². The van der Waals surface area contributed by atoms with E-state index in [1.807, 2.05) is 31.4 Å². The first-order valence-corrected chi connectivity index (χ1v) is 11.7. The lowest BCUT2D eigenvalue weighted by Gasteiger charge is -2.39. The zero-order chi connectivity index (χ0) is 22.2. The fraction of sp³-hybridized carbons (Fsp3) is 0.522. The maximum absolute atomic E-state index is 12.8. The SMILES string of the molecule is Cn1cc(-c2ccc(NC3NN([C@H]4CCCC[C@@H]4C#N)C4CCNC(=O)C34)cc2Cl)cn1. The van der Waals surface area contributed by atoms with Crippen LogP contribution in [0.4, 0.5) is 5.69 Å². The molecular weight excluding hydrogens is 426 g/mol. The standard InChI is InChI=1S/C23H28ClN7O/c1-30-13-15(12-27-30)17-7-6-16(10-18(17)24)28-22-21-20(8-9-26-23(21)32)31(29-22)19-5-3-2-4-14(19)11-25/h6-7,10,12-14,19-22,28-29H,2-5,8-9H2,1H3,(H,26,32)/t14-,19+,20?,21?,22?/m1/s1. The predicted molar refractivity (Wildman–Crippen MR) is 122 cm³/mol. The Hall–Kier alpha value is -2.60. The molecule has 5 rings (SSSR count). The number of anilines is 1. The highest BCUT2D eigenvalue weighted by Crippen LogP contribution is 2.37. The zero-order valence-electron chi connectivity index (χ0n) is 18.1. The molecule has 2 aliphatic heterocycles. The van der Waals surface area contributed by atoms with Crippen LogP contribution in [-0.4, -0.2) is 45.5 Å². The number of halogens is 1. The molecule has 5 atom stereocenters. The average Bonchev–Trinajstić information content (AvgIpc) is 3.38. The van der Waals surface area contributed by atoms with Crippen molar-refractivity contribution in [1.82, 2.24) is 25.5 Å². The van der Waals surface area contributed by atoms with Crippen LogP contribution in [0.15, 0.2) is 30.6 Å². The van der Waals surface area contributed by atoms with E-state index in [4.69, 9.17) is 11.6 Å². The van der Waals surface area contributed by atoms with Gasteiger partial charge in [0.25, 0.3) is 0 Å². The van der Waals surface area contributed by atoms with Gasteiger partial charge in [0, 0.05) is 48.7 Å². The maximum atomic E-state index is 12.8. The number of nitriles is 1. The van der Waals surface area contributed by atoms with Gasteiger partial charge in [-0.15, -0.1) is 0 Å². The molecule has 3 N–H and O–H groups in total. The molecule has 0 bridgehead atoms. The second kappa shape index (κ2) is 8.74. The molecule has 9 heteroatoms. The largest absolute Gasteiger partial charge is 0.368 e. The number of carbonyl (C=O) groups is 1. The van der Waals surface area contributed by atoms with E-state index in [1.165, 1.54) is 0 Å². The summed E-state index contributed by atoms with van der Waals surface area (Å²) in [7, 11) is 1.87. The third-order valence-electron chi connectivity index (χ3n) is 7.02. The van der Waals surface area contributed by atoms with E-state index < -0.39 is 0 Å². The van der Waals surface area contributed by atoms with Crippen LogP contribution >= 0.6 is 11.6 Å². The summed E-state index contributed by atoms with van der Waals surface area (Å²) in [5, 5.41) is 23.3. The molecule has 168 valence electrons. The molecular formula is C23H28ClN7O. The monoisotopic (exact) mass is 453 g/mol. The second-order valence-corrected chi connectivity index (χ2v) is 9.42. The molecule has 1 amide bonds. The Morgan fingerprint density at radius 3 is 2.84 bits per heavy atom. The molecule has 3 fully saturated rings. The molecule has 8 nitrogen and oxygen atoms in total. The number of fused-ring (bicyclic) bond motifs is 1. The number of rotatable bonds is 4. The molecule has 1 aromatic heterocycles. The molecule has 2 saturated heterocycles. The minimum Gasteiger partial charge on any atom is -0.368 e. The summed E-state index contributed by atoms with van der Waals surface area (Å²) in [6, 6.07) is 8.56. The van der Waals surface area contributed by atoms with Gasteiger partial charge < -0.3 is 10.6 Å². The summed E-state index contributed by atoms with van der Waals surface area (Å²) in [6.07, 6.45) is 8.45. The Morgan fingerprint density at radius 1 is 1.25 bits per heavy atom. The molecule has 0 radical (unpaired) electrons. The Kier molecular flexibility index (Phi) is 5.80. The van der Waals surface area contributed by atoms with Crippen LogP contribution in [-0.2, 0) is 11.8 Å². The van der Waals surface area contributed by atoms with Crippen LogP contribution in [0.25, 0.3) is 11.1 Å². The quantitative estimate of drug-likeness (QED) is 0.658. The van der Waals surface area contributed by atoms with Gasteiger partial charge in [-0.2, -0.15) is 10.4 Å². The van der Waals surface area contributed by atoms with Crippen LogP contribution in [0.5, 0.6) is 0 Å². The first-order chi connectivity index (χ1) is 15.5. The van der Waals surface area contributed by atoms with Crippen molar-refractivity contribution in [2.75, 3.05) is 11.9 Å². The number of hydrogen-bond donors (Lipinski definition) is 3. The second-order valence-electron chi connectivity index (χ2n) is 9.02. The first kappa shape index (κ1) is 21.3. The van der Waals surface area contributed by atoms with Crippen molar-refractivity contribution in [1.29, 1.82) is 5.26 Å². The van der Waals surface area contributed by atoms with E-state index in [2.05, 4.69) is 32.2 Å². The number of hydrazine groups is 1. The summed E-state index contributed by atoms with van der Waals surface area (Å²) < 4.78 is 1.75. The lowest BCUT2D eigenvalue weighted by atomic mass is 9.83. The Morgan fingerprint density at radius 2 is 2.09 bits per heavy atom. The van der Waals surface area contributed by atoms with E-state index in [0.29, 0.717) is 11.6 Å². The van der Waals surface area contributed by atoms with Crippen LogP contribution in [0, 0.1) is 23.2 Å². The van der Waals surface area contributed by atoms with Gasteiger partial charge in [-0.1, -0.05) is 30.5 Å². The van der Waals surface area contributed by atoms with Crippen molar-refractivity contribution >= 4 is 23.2 Å². The molecule has 1 saturated carbocycles. The highest BCUT2D eigenvalue weighted by Gasteiger charge is 2.51. The molecule has 2 aromatic rings. The van der Waals surface area contributed by atoms with Gasteiger partial charge in [-0.25, -0.2) is 10.4 Å². The molecule has 3 aliphatic rings. The third kappa shape index (κ3) is 3.85. The Balaban J connectivity index is 1.38. The fourth-order valence-electron chi connectivity index (χ4n) is 5.48. The molecule has 3 unspecified atom stereocenters. The number of nitrogens with one attached hydrogen (secondary N) is 3. The molecule has 1 aliphatic carbocycles. The number of amides is 1. The smallest absolute Gasteiger partial charge is 0.228 e. The topological polar surface area (TPSA) is 98.0 Å². The minimum atomic E-state index is -0.262. The van der Waals surface area contributed by atoms with Gasteiger partial charge in [-0.05, 0) is 31.4 Å². The van der Waals surface area contributed by atoms with Crippen molar-refractivity contribution in [2.45, 2.75) is 50.4 Å². The van der Waals surface area contributed by atoms with E-state index in [1.54, 1.807) is 10.9 Å². The summed E-state index contributed by atoms with van der Waals surface area (Å²) in [5.41, 5.74) is 6.29. The van der Waals surface area contributed by atoms with Gasteiger partial charge in [0.2, 0.25) is 5.91 Å². The fourth-order valence-corrected chi connectivity index (χ4v) is 5.76. The number of aromatic nitrogens is 2. The summed E-state index contributed by atoms with van der Waals surface area (Å²) in [6.45, 7) is 0.667. The average molecular weight is 454 g/mol. The minimum absolute atomic E-state index is 0.00570. The Bertz CT molecular complexity index is 1050. The number of nitrogens with zero attached hydrogens (tertiary/aromatic N) is 4. The van der Waals surface area contributed by atoms with Gasteiger partial charge in [-0.3, -0.25) is 9.48 Å². The molecule has 32 heavy (non-hydrogen) atoms. The summed E-state index contributed by atoms with van der Waals surface area (Å²) in [5.74, 6) is -0.188. The van der Waals surface area contributed by atoms with Crippen molar-refractivity contribution in [3.05, 3.63) is 35.6 Å². The normalized spacial score (nSPS) is 30.4. The lowest BCUT2D eigenvalue weighted by molar-refractivity contribution is -0.128. The van der Waals surface area contributed by atoms with Gasteiger partial charge in [0.05, 0.1) is 29.1 Å². The number of piperidine rings is 1. The van der Waals surface area contributed by atoms with E-state index in [-0.39, 0.29) is 36.0 Å². The highest BCUT2D eigenvalue weighted by molar-refractivity contribution is 6.33. The number of benzene rings is 1. The van der Waals surface area contributed by atoms with Gasteiger partial charge in [0.15, 0.2) is 0 Å². The van der Waals surface area contributed by atoms with Crippen molar-refractivity contribution in [2.24, 2.45) is 18.9 Å². The predicted octanol–water partition coefficient (Wildman–Crippen LogP) is 2.89. The van der Waals surface area contributed by atoms with E-state index >= 15 is 0 Å². The molecule has 0 spiro atoms. The molecule has 1 aromatic carbocycles. The summed E-state index contributed by atoms with van der Waals surface area (Å²) in [4.78, 5) is 12.8. The van der Waals surface area contributed by atoms with Gasteiger partial charge >= 0.3 is 0 Å². The molecule has 3 heterocycles. The van der Waals surface area contributed by atoms with Crippen molar-refractivity contribution in [3.63, 3.8) is 0 Å². The Labute approximate surface area is 192 Å². The third-order valence-corrected chi connectivity index (χ3v) is 7.33.